The molecule has 1 aromatic rings. The van der Waals surface area contributed by atoms with Crippen molar-refractivity contribution in [2.24, 2.45) is 15.0 Å². The molecule has 1 saturated heterocycles. The lowest BCUT2D eigenvalue weighted by atomic mass is 10.2. The first-order valence-corrected chi connectivity index (χ1v) is 8.81. The van der Waals surface area contributed by atoms with Crippen molar-refractivity contribution in [3.8, 4) is 0 Å². The predicted molar refractivity (Wildman–Crippen MR) is 96.0 cm³/mol. The largest absolute Gasteiger partial charge is 0.351 e. The van der Waals surface area contributed by atoms with Gasteiger partial charge in [-0.15, -0.1) is 0 Å². The summed E-state index contributed by atoms with van der Waals surface area (Å²) in [4.78, 5) is 20.8. The van der Waals surface area contributed by atoms with Crippen molar-refractivity contribution in [1.82, 2.24) is 14.7 Å². The first-order chi connectivity index (χ1) is 11.2. The molecule has 0 N–H and O–H groups in total. The number of amidine groups is 2. The monoisotopic (exact) mass is 328 g/mol. The second-order valence-electron chi connectivity index (χ2n) is 6.01. The zero-order valence-electron chi connectivity index (χ0n) is 13.4. The van der Waals surface area contributed by atoms with Crippen molar-refractivity contribution in [1.29, 1.82) is 0 Å². The van der Waals surface area contributed by atoms with Crippen molar-refractivity contribution in [3.63, 3.8) is 0 Å². The molecule has 7 heteroatoms. The number of aliphatic imine (C=N–C) groups is 3. The average molecular weight is 328 g/mol. The molecule has 0 radical (unpaired) electrons. The normalized spacial score (nSPS) is 25.0. The predicted octanol–water partition coefficient (Wildman–Crippen LogP) is 1.79. The standard InChI is InChI=1S/C16H20N6S/c1-12-17-11-22-9-14(13-3-8-23-10-13)19-16(15(22)18-12)21-6-4-20(2)5-7-21/h3,8-12H,4-7H2,1-2H3. The Balaban J connectivity index is 1.72. The number of likely N-dealkylation sites (N-methyl/N-ethyl adjacent to an activating group) is 1. The molecule has 0 bridgehead atoms. The molecule has 4 heterocycles. The van der Waals surface area contributed by atoms with E-state index in [1.165, 1.54) is 0 Å². The minimum Gasteiger partial charge on any atom is -0.351 e. The highest BCUT2D eigenvalue weighted by atomic mass is 32.1. The van der Waals surface area contributed by atoms with Crippen LogP contribution in [0.25, 0.3) is 5.70 Å². The van der Waals surface area contributed by atoms with Crippen LogP contribution in [0, 0.1) is 0 Å². The molecule has 1 unspecified atom stereocenters. The van der Waals surface area contributed by atoms with E-state index in [-0.39, 0.29) is 6.17 Å². The van der Waals surface area contributed by atoms with E-state index in [0.29, 0.717) is 0 Å². The fraction of sp³-hybridized carbons (Fsp3) is 0.438. The van der Waals surface area contributed by atoms with Gasteiger partial charge in [0.2, 0.25) is 0 Å². The Hall–Kier alpha value is -1.99. The highest BCUT2D eigenvalue weighted by Gasteiger charge is 2.30. The first-order valence-electron chi connectivity index (χ1n) is 7.87. The molecule has 0 spiro atoms. The zero-order chi connectivity index (χ0) is 15.8. The lowest BCUT2D eigenvalue weighted by molar-refractivity contribution is 0.216. The van der Waals surface area contributed by atoms with Crippen LogP contribution in [0.2, 0.25) is 0 Å². The molecule has 0 aliphatic carbocycles. The van der Waals surface area contributed by atoms with Gasteiger partial charge >= 0.3 is 0 Å². The van der Waals surface area contributed by atoms with Crippen LogP contribution in [0.4, 0.5) is 0 Å². The van der Waals surface area contributed by atoms with E-state index in [1.807, 2.05) is 24.4 Å². The van der Waals surface area contributed by atoms with E-state index in [9.17, 15) is 0 Å². The van der Waals surface area contributed by atoms with Gasteiger partial charge < -0.3 is 9.80 Å². The van der Waals surface area contributed by atoms with Gasteiger partial charge in [-0.25, -0.2) is 15.0 Å². The number of thiophene rings is 1. The van der Waals surface area contributed by atoms with E-state index >= 15 is 0 Å². The first kappa shape index (κ1) is 14.6. The molecular weight excluding hydrogens is 308 g/mol. The van der Waals surface area contributed by atoms with Crippen molar-refractivity contribution in [2.45, 2.75) is 13.1 Å². The summed E-state index contributed by atoms with van der Waals surface area (Å²) in [5.41, 5.74) is 2.12. The van der Waals surface area contributed by atoms with E-state index < -0.39 is 0 Å². The number of hydrogen-bond donors (Lipinski definition) is 0. The average Bonchev–Trinajstić information content (AvgIpc) is 3.09. The molecular formula is C16H20N6S. The number of rotatable bonds is 1. The number of hydrogen-bond acceptors (Lipinski definition) is 7. The molecule has 0 saturated carbocycles. The van der Waals surface area contributed by atoms with E-state index in [4.69, 9.17) is 9.98 Å². The molecule has 120 valence electrons. The lowest BCUT2D eigenvalue weighted by Gasteiger charge is -2.38. The Bertz CT molecular complexity index is 694. The van der Waals surface area contributed by atoms with Gasteiger partial charge in [-0.05, 0) is 25.4 Å². The second-order valence-corrected chi connectivity index (χ2v) is 6.79. The molecule has 1 fully saturated rings. The summed E-state index contributed by atoms with van der Waals surface area (Å²) in [6.45, 7) is 6.05. The highest BCUT2D eigenvalue weighted by molar-refractivity contribution is 7.08. The van der Waals surface area contributed by atoms with Crippen LogP contribution in [0.15, 0.2) is 38.0 Å². The summed E-state index contributed by atoms with van der Waals surface area (Å²) >= 11 is 1.69. The maximum atomic E-state index is 4.95. The van der Waals surface area contributed by atoms with Crippen LogP contribution in [0.3, 0.4) is 0 Å². The van der Waals surface area contributed by atoms with Crippen LogP contribution < -0.4 is 0 Å². The Morgan fingerprint density at radius 3 is 2.74 bits per heavy atom. The van der Waals surface area contributed by atoms with Crippen LogP contribution in [-0.4, -0.2) is 72.1 Å². The second kappa shape index (κ2) is 5.90. The SMILES string of the molecule is CC1N=CN2C=C(c3ccsc3)N=C(N3CCN(C)CC3)C2=N1. The maximum Gasteiger partial charge on any atom is 0.178 e. The molecule has 1 atom stereocenters. The third-order valence-electron chi connectivity index (χ3n) is 4.27. The van der Waals surface area contributed by atoms with Crippen LogP contribution in [0.1, 0.15) is 12.5 Å². The van der Waals surface area contributed by atoms with Gasteiger partial charge in [0.1, 0.15) is 6.17 Å². The Labute approximate surface area is 140 Å². The maximum absolute atomic E-state index is 4.95. The van der Waals surface area contributed by atoms with Crippen molar-refractivity contribution >= 4 is 35.0 Å². The highest BCUT2D eigenvalue weighted by Crippen LogP contribution is 2.25. The molecule has 0 aromatic carbocycles. The summed E-state index contributed by atoms with van der Waals surface area (Å²) in [5, 5.41) is 4.21. The summed E-state index contributed by atoms with van der Waals surface area (Å²) < 4.78 is 0. The van der Waals surface area contributed by atoms with Crippen molar-refractivity contribution in [2.75, 3.05) is 33.2 Å². The number of nitrogens with zero attached hydrogens (tertiary/aromatic N) is 6. The molecule has 3 aliphatic heterocycles. The number of fused-ring (bicyclic) bond motifs is 1. The van der Waals surface area contributed by atoms with Crippen LogP contribution in [0.5, 0.6) is 0 Å². The Morgan fingerprint density at radius 1 is 1.17 bits per heavy atom. The van der Waals surface area contributed by atoms with Crippen molar-refractivity contribution < 1.29 is 0 Å². The van der Waals surface area contributed by atoms with Crippen molar-refractivity contribution in [3.05, 3.63) is 28.6 Å². The van der Waals surface area contributed by atoms with Gasteiger partial charge in [0, 0.05) is 43.3 Å². The third kappa shape index (κ3) is 2.82. The molecule has 3 aliphatic rings. The van der Waals surface area contributed by atoms with Crippen LogP contribution >= 0.6 is 11.3 Å². The number of piperazine rings is 1. The minimum atomic E-state index is -0.0463. The summed E-state index contributed by atoms with van der Waals surface area (Å²) in [5.74, 6) is 1.89. The fourth-order valence-electron chi connectivity index (χ4n) is 2.87. The van der Waals surface area contributed by atoms with E-state index in [1.54, 1.807) is 11.3 Å². The molecule has 1 aromatic heterocycles. The molecule has 0 amide bonds. The Kier molecular flexibility index (Phi) is 3.74. The smallest absolute Gasteiger partial charge is 0.178 e. The van der Waals surface area contributed by atoms with Gasteiger partial charge in [-0.2, -0.15) is 11.3 Å². The topological polar surface area (TPSA) is 46.8 Å². The van der Waals surface area contributed by atoms with Crippen LogP contribution in [-0.2, 0) is 0 Å². The molecule has 23 heavy (non-hydrogen) atoms. The molecule has 6 nitrogen and oxygen atoms in total. The zero-order valence-corrected chi connectivity index (χ0v) is 14.2. The van der Waals surface area contributed by atoms with E-state index in [2.05, 4.69) is 38.7 Å². The Morgan fingerprint density at radius 2 is 2.00 bits per heavy atom. The van der Waals surface area contributed by atoms with Gasteiger partial charge in [-0.3, -0.25) is 4.90 Å². The lowest BCUT2D eigenvalue weighted by Crippen LogP contribution is -2.53. The van der Waals surface area contributed by atoms with Gasteiger partial charge in [-0.1, -0.05) is 0 Å². The minimum absolute atomic E-state index is 0.0463. The molecule has 4 rings (SSSR count). The summed E-state index contributed by atoms with van der Waals surface area (Å²) in [6.07, 6.45) is 3.84. The quantitative estimate of drug-likeness (QED) is 0.790. The third-order valence-corrected chi connectivity index (χ3v) is 4.95. The van der Waals surface area contributed by atoms with Gasteiger partial charge in [0.15, 0.2) is 11.7 Å². The summed E-state index contributed by atoms with van der Waals surface area (Å²) in [6, 6.07) is 2.10. The fourth-order valence-corrected chi connectivity index (χ4v) is 3.52. The van der Waals surface area contributed by atoms with Gasteiger partial charge in [0.25, 0.3) is 0 Å². The summed E-state index contributed by atoms with van der Waals surface area (Å²) in [7, 11) is 2.16. The van der Waals surface area contributed by atoms with Gasteiger partial charge in [0.05, 0.1) is 12.0 Å². The van der Waals surface area contributed by atoms with E-state index in [0.717, 1.165) is 49.1 Å².